The predicted molar refractivity (Wildman–Crippen MR) is 54.6 cm³/mol. The van der Waals surface area contributed by atoms with Gasteiger partial charge in [-0.3, -0.25) is 4.79 Å². The Balaban J connectivity index is 3.10. The van der Waals surface area contributed by atoms with Crippen LogP contribution in [0.1, 0.15) is 18.1 Å². The third-order valence-corrected chi connectivity index (χ3v) is 2.04. The molecule has 13 heavy (non-hydrogen) atoms. The summed E-state index contributed by atoms with van der Waals surface area (Å²) in [5.41, 5.74) is 9.30. The van der Waals surface area contributed by atoms with Crippen molar-refractivity contribution >= 4 is 17.3 Å². The largest absolute Gasteiger partial charge is 0.398 e. The maximum atomic E-state index is 10.8. The highest BCUT2D eigenvalue weighted by Crippen LogP contribution is 2.24. The minimum atomic E-state index is -0.0775. The molecule has 0 fully saturated rings. The van der Waals surface area contributed by atoms with Crippen LogP contribution in [0.4, 0.5) is 11.4 Å². The second kappa shape index (κ2) is 3.47. The van der Waals surface area contributed by atoms with Crippen molar-refractivity contribution in [1.29, 1.82) is 0 Å². The van der Waals surface area contributed by atoms with Gasteiger partial charge in [-0.25, -0.2) is 0 Å². The number of carbonyl (C=O) groups is 1. The van der Waals surface area contributed by atoms with Crippen LogP contribution in [-0.2, 0) is 4.79 Å². The molecule has 3 heteroatoms. The van der Waals surface area contributed by atoms with Gasteiger partial charge in [0.1, 0.15) is 0 Å². The standard InChI is InChI=1S/C10H14N2O/c1-6-4-5-9(12-8(3)13)7(2)10(6)11/h4-5H,11H2,1-3H3,(H,12,13). The molecular weight excluding hydrogens is 164 g/mol. The van der Waals surface area contributed by atoms with Gasteiger partial charge in [-0.05, 0) is 31.0 Å². The van der Waals surface area contributed by atoms with Crippen LogP contribution in [0.25, 0.3) is 0 Å². The van der Waals surface area contributed by atoms with E-state index in [2.05, 4.69) is 5.32 Å². The van der Waals surface area contributed by atoms with Gasteiger partial charge in [0.15, 0.2) is 0 Å². The molecule has 1 aromatic rings. The Morgan fingerprint density at radius 3 is 2.54 bits per heavy atom. The summed E-state index contributed by atoms with van der Waals surface area (Å²) in [7, 11) is 0. The first-order valence-corrected chi connectivity index (χ1v) is 4.15. The van der Waals surface area contributed by atoms with Crippen molar-refractivity contribution in [1.82, 2.24) is 0 Å². The molecule has 3 N–H and O–H groups in total. The van der Waals surface area contributed by atoms with E-state index in [4.69, 9.17) is 5.73 Å². The number of nitrogen functional groups attached to an aromatic ring is 1. The highest BCUT2D eigenvalue weighted by atomic mass is 16.1. The minimum absolute atomic E-state index is 0.0775. The molecule has 1 amide bonds. The molecule has 70 valence electrons. The second-order valence-corrected chi connectivity index (χ2v) is 3.15. The smallest absolute Gasteiger partial charge is 0.221 e. The molecular formula is C10H14N2O. The molecule has 0 radical (unpaired) electrons. The molecule has 0 saturated heterocycles. The highest BCUT2D eigenvalue weighted by Gasteiger charge is 2.04. The normalized spacial score (nSPS) is 9.77. The number of hydrogen-bond acceptors (Lipinski definition) is 2. The fourth-order valence-corrected chi connectivity index (χ4v) is 1.19. The van der Waals surface area contributed by atoms with Gasteiger partial charge in [-0.1, -0.05) is 6.07 Å². The van der Waals surface area contributed by atoms with Crippen LogP contribution in [0.15, 0.2) is 12.1 Å². The molecule has 1 rings (SSSR count). The fourth-order valence-electron chi connectivity index (χ4n) is 1.19. The molecule has 0 aliphatic rings. The summed E-state index contributed by atoms with van der Waals surface area (Å²) in [5.74, 6) is -0.0775. The van der Waals surface area contributed by atoms with Crippen molar-refractivity contribution in [2.45, 2.75) is 20.8 Å². The van der Waals surface area contributed by atoms with E-state index in [1.807, 2.05) is 26.0 Å². The zero-order chi connectivity index (χ0) is 10.0. The zero-order valence-electron chi connectivity index (χ0n) is 8.14. The van der Waals surface area contributed by atoms with Gasteiger partial charge in [0.2, 0.25) is 5.91 Å². The van der Waals surface area contributed by atoms with Gasteiger partial charge in [-0.15, -0.1) is 0 Å². The summed E-state index contributed by atoms with van der Waals surface area (Å²) in [6, 6.07) is 3.76. The van der Waals surface area contributed by atoms with Crippen molar-refractivity contribution in [2.75, 3.05) is 11.1 Å². The lowest BCUT2D eigenvalue weighted by atomic mass is 10.1. The first kappa shape index (κ1) is 9.58. The molecule has 0 heterocycles. The van der Waals surface area contributed by atoms with Gasteiger partial charge in [0.25, 0.3) is 0 Å². The Hall–Kier alpha value is -1.51. The Morgan fingerprint density at radius 2 is 2.00 bits per heavy atom. The number of nitrogens with one attached hydrogen (secondary N) is 1. The monoisotopic (exact) mass is 178 g/mol. The molecule has 0 atom stereocenters. The summed E-state index contributed by atoms with van der Waals surface area (Å²) < 4.78 is 0. The van der Waals surface area contributed by atoms with E-state index in [0.717, 1.165) is 22.5 Å². The predicted octanol–water partition coefficient (Wildman–Crippen LogP) is 1.84. The number of nitrogens with two attached hydrogens (primary N) is 1. The third kappa shape index (κ3) is 1.99. The Kier molecular flexibility index (Phi) is 2.56. The van der Waals surface area contributed by atoms with Gasteiger partial charge in [0.05, 0.1) is 0 Å². The van der Waals surface area contributed by atoms with E-state index in [9.17, 15) is 4.79 Å². The quantitative estimate of drug-likeness (QED) is 0.645. The molecule has 1 aromatic carbocycles. The highest BCUT2D eigenvalue weighted by molar-refractivity contribution is 5.90. The summed E-state index contributed by atoms with van der Waals surface area (Å²) in [4.78, 5) is 10.8. The Bertz CT molecular complexity index is 345. The average Bonchev–Trinajstić information content (AvgIpc) is 2.06. The summed E-state index contributed by atoms with van der Waals surface area (Å²) >= 11 is 0. The van der Waals surface area contributed by atoms with Crippen LogP contribution < -0.4 is 11.1 Å². The SMILES string of the molecule is CC(=O)Nc1ccc(C)c(N)c1C. The number of carbonyl (C=O) groups excluding carboxylic acids is 1. The molecule has 0 saturated carbocycles. The molecule has 0 bridgehead atoms. The number of aryl methyl sites for hydroxylation is 1. The maximum absolute atomic E-state index is 10.8. The first-order chi connectivity index (χ1) is 6.02. The summed E-state index contributed by atoms with van der Waals surface area (Å²) in [6.07, 6.45) is 0. The lowest BCUT2D eigenvalue weighted by Gasteiger charge is -2.10. The number of benzene rings is 1. The van der Waals surface area contributed by atoms with Gasteiger partial charge < -0.3 is 11.1 Å². The van der Waals surface area contributed by atoms with Crippen LogP contribution in [0, 0.1) is 13.8 Å². The Morgan fingerprint density at radius 1 is 1.38 bits per heavy atom. The second-order valence-electron chi connectivity index (χ2n) is 3.15. The lowest BCUT2D eigenvalue weighted by molar-refractivity contribution is -0.114. The molecule has 0 aliphatic heterocycles. The molecule has 0 unspecified atom stereocenters. The van der Waals surface area contributed by atoms with Crippen molar-refractivity contribution < 1.29 is 4.79 Å². The average molecular weight is 178 g/mol. The van der Waals surface area contributed by atoms with Crippen LogP contribution in [-0.4, -0.2) is 5.91 Å². The van der Waals surface area contributed by atoms with Crippen molar-refractivity contribution in [2.24, 2.45) is 0 Å². The number of anilines is 2. The van der Waals surface area contributed by atoms with Crippen LogP contribution >= 0.6 is 0 Å². The van der Waals surface area contributed by atoms with E-state index in [-0.39, 0.29) is 5.91 Å². The zero-order valence-corrected chi connectivity index (χ0v) is 8.14. The fraction of sp³-hybridized carbons (Fsp3) is 0.300. The van der Waals surface area contributed by atoms with Crippen LogP contribution in [0.5, 0.6) is 0 Å². The number of rotatable bonds is 1. The molecule has 0 spiro atoms. The third-order valence-electron chi connectivity index (χ3n) is 2.04. The van der Waals surface area contributed by atoms with E-state index in [1.165, 1.54) is 6.92 Å². The minimum Gasteiger partial charge on any atom is -0.398 e. The van der Waals surface area contributed by atoms with E-state index >= 15 is 0 Å². The van der Waals surface area contributed by atoms with Crippen molar-refractivity contribution in [3.8, 4) is 0 Å². The van der Waals surface area contributed by atoms with Crippen molar-refractivity contribution in [3.63, 3.8) is 0 Å². The molecule has 0 aromatic heterocycles. The van der Waals surface area contributed by atoms with Crippen molar-refractivity contribution in [3.05, 3.63) is 23.3 Å². The topological polar surface area (TPSA) is 55.1 Å². The maximum Gasteiger partial charge on any atom is 0.221 e. The van der Waals surface area contributed by atoms with Gasteiger partial charge in [0, 0.05) is 18.3 Å². The Labute approximate surface area is 77.9 Å². The van der Waals surface area contributed by atoms with Crippen LogP contribution in [0.3, 0.4) is 0 Å². The molecule has 3 nitrogen and oxygen atoms in total. The van der Waals surface area contributed by atoms with Gasteiger partial charge in [-0.2, -0.15) is 0 Å². The van der Waals surface area contributed by atoms with Crippen LogP contribution in [0.2, 0.25) is 0 Å². The number of hydrogen-bond donors (Lipinski definition) is 2. The van der Waals surface area contributed by atoms with E-state index < -0.39 is 0 Å². The summed E-state index contributed by atoms with van der Waals surface area (Å²) in [6.45, 7) is 5.32. The van der Waals surface area contributed by atoms with Gasteiger partial charge >= 0.3 is 0 Å². The number of amides is 1. The lowest BCUT2D eigenvalue weighted by Crippen LogP contribution is -2.08. The van der Waals surface area contributed by atoms with E-state index in [0.29, 0.717) is 0 Å². The summed E-state index contributed by atoms with van der Waals surface area (Å²) in [5, 5.41) is 2.72. The molecule has 0 aliphatic carbocycles. The first-order valence-electron chi connectivity index (χ1n) is 4.15. The van der Waals surface area contributed by atoms with E-state index in [1.54, 1.807) is 0 Å².